The Morgan fingerprint density at radius 2 is 1.45 bits per heavy atom. The summed E-state index contributed by atoms with van der Waals surface area (Å²) in [6.45, 7) is 0. The first-order chi connectivity index (χ1) is 10.3. The van der Waals surface area contributed by atoms with Crippen molar-refractivity contribution in [3.8, 4) is 0 Å². The van der Waals surface area contributed by atoms with E-state index in [-0.39, 0.29) is 25.7 Å². The molecular weight excluding hydrogens is 292 g/mol. The van der Waals surface area contributed by atoms with E-state index in [4.69, 9.17) is 15.9 Å². The van der Waals surface area contributed by atoms with Crippen molar-refractivity contribution in [1.29, 1.82) is 10.8 Å². The highest BCUT2D eigenvalue weighted by molar-refractivity contribution is 6.26. The second kappa shape index (κ2) is 10.3. The second-order valence-electron chi connectivity index (χ2n) is 4.54. The number of hydrogen-bond donors (Lipinski definition) is 5. The first-order valence-corrected chi connectivity index (χ1v) is 6.62. The fourth-order valence-corrected chi connectivity index (χ4v) is 1.65. The Labute approximate surface area is 127 Å². The number of carboxylic acid groups (broad SMARTS) is 1. The van der Waals surface area contributed by atoms with Gasteiger partial charge in [-0.15, -0.1) is 0 Å². The lowest BCUT2D eigenvalue weighted by Crippen LogP contribution is -2.49. The highest BCUT2D eigenvalue weighted by atomic mass is 16.4. The monoisotopic (exact) mass is 312 g/mol. The fourth-order valence-electron chi connectivity index (χ4n) is 1.65. The quantitative estimate of drug-likeness (QED) is 0.295. The number of rotatable bonds is 12. The number of nitrogens with one attached hydrogen (secondary N) is 4. The molecule has 5 N–H and O–H groups in total. The summed E-state index contributed by atoms with van der Waals surface area (Å²) in [5.41, 5.74) is 0. The molecular formula is C13H20N4O5. The average Bonchev–Trinajstić information content (AvgIpc) is 2.50. The maximum atomic E-state index is 12.0. The van der Waals surface area contributed by atoms with Crippen LogP contribution in [-0.4, -0.2) is 60.1 Å². The van der Waals surface area contributed by atoms with E-state index >= 15 is 0 Å². The van der Waals surface area contributed by atoms with Crippen LogP contribution in [0.3, 0.4) is 0 Å². The number of aliphatic carboxylic acids is 1. The molecule has 0 saturated carbocycles. The highest BCUT2D eigenvalue weighted by Crippen LogP contribution is 2.02. The van der Waals surface area contributed by atoms with Gasteiger partial charge in [-0.2, -0.15) is 0 Å². The lowest BCUT2D eigenvalue weighted by atomic mass is 10.1. The van der Waals surface area contributed by atoms with Gasteiger partial charge in [-0.1, -0.05) is 0 Å². The Bertz CT molecular complexity index is 463. The van der Waals surface area contributed by atoms with Crippen LogP contribution in [0.5, 0.6) is 0 Å². The molecule has 0 aromatic carbocycles. The molecule has 9 nitrogen and oxygen atoms in total. The minimum atomic E-state index is -1.28. The van der Waals surface area contributed by atoms with Gasteiger partial charge in [0.1, 0.15) is 6.04 Å². The Balaban J connectivity index is 4.60. The largest absolute Gasteiger partial charge is 0.480 e. The molecule has 0 radical (unpaired) electrons. The summed E-state index contributed by atoms with van der Waals surface area (Å²) in [5, 5.41) is 27.5. The van der Waals surface area contributed by atoms with Crippen molar-refractivity contribution < 1.29 is 24.3 Å². The average molecular weight is 312 g/mol. The van der Waals surface area contributed by atoms with Gasteiger partial charge in [-0.3, -0.25) is 14.4 Å². The zero-order chi connectivity index (χ0) is 17.1. The van der Waals surface area contributed by atoms with Gasteiger partial charge >= 0.3 is 5.97 Å². The first kappa shape index (κ1) is 19.6. The second-order valence-corrected chi connectivity index (χ2v) is 4.54. The molecule has 0 aliphatic carbocycles. The minimum Gasteiger partial charge on any atom is -0.480 e. The molecule has 122 valence electrons. The van der Waals surface area contributed by atoms with Crippen LogP contribution in [0, 0.1) is 10.8 Å². The van der Waals surface area contributed by atoms with Crippen molar-refractivity contribution in [2.24, 2.45) is 0 Å². The third-order valence-electron chi connectivity index (χ3n) is 2.96. The maximum absolute atomic E-state index is 12.0. The molecule has 0 spiro atoms. The van der Waals surface area contributed by atoms with E-state index in [1.165, 1.54) is 7.05 Å². The Hall–Kier alpha value is -2.42. The molecule has 0 aliphatic heterocycles. The van der Waals surface area contributed by atoms with Gasteiger partial charge in [0.2, 0.25) is 5.91 Å². The molecule has 2 atom stereocenters. The number of carbonyl (C=O) groups excluding carboxylic acids is 3. The standard InChI is InChI=1S/C13H20N4O5/c1-16-10(4-2-8(18)6-14)12(20)17-11(13(21)22)5-3-9(19)7-15/h6-7,10-11,14-16H,2-5H2,1H3,(H,17,20)(H,21,22). The summed E-state index contributed by atoms with van der Waals surface area (Å²) in [7, 11) is 1.49. The Morgan fingerprint density at radius 1 is 1.00 bits per heavy atom. The molecule has 1 amide bonds. The summed E-state index contributed by atoms with van der Waals surface area (Å²) < 4.78 is 0. The molecule has 0 aromatic rings. The third kappa shape index (κ3) is 7.39. The van der Waals surface area contributed by atoms with E-state index < -0.39 is 35.5 Å². The summed E-state index contributed by atoms with van der Waals surface area (Å²) in [4.78, 5) is 45.1. The van der Waals surface area contributed by atoms with Crippen molar-refractivity contribution >= 4 is 35.9 Å². The van der Waals surface area contributed by atoms with Gasteiger partial charge in [-0.25, -0.2) is 4.79 Å². The molecule has 0 bridgehead atoms. The lowest BCUT2D eigenvalue weighted by Gasteiger charge is -2.19. The van der Waals surface area contributed by atoms with Crippen LogP contribution in [-0.2, 0) is 19.2 Å². The molecule has 2 unspecified atom stereocenters. The molecule has 0 heterocycles. The van der Waals surface area contributed by atoms with Crippen molar-refractivity contribution in [1.82, 2.24) is 10.6 Å². The molecule has 0 aromatic heterocycles. The number of Topliss-reactive ketones (excluding diaryl/α,β-unsaturated/α-hetero) is 2. The highest BCUT2D eigenvalue weighted by Gasteiger charge is 2.25. The Morgan fingerprint density at radius 3 is 1.82 bits per heavy atom. The molecule has 0 rings (SSSR count). The number of amides is 1. The van der Waals surface area contributed by atoms with E-state index in [9.17, 15) is 19.2 Å². The van der Waals surface area contributed by atoms with Crippen molar-refractivity contribution in [2.75, 3.05) is 7.05 Å². The van der Waals surface area contributed by atoms with E-state index in [1.54, 1.807) is 0 Å². The molecule has 0 saturated heterocycles. The zero-order valence-corrected chi connectivity index (χ0v) is 12.2. The van der Waals surface area contributed by atoms with Crippen LogP contribution in [0.15, 0.2) is 0 Å². The molecule has 9 heteroatoms. The van der Waals surface area contributed by atoms with Crippen LogP contribution in [0.1, 0.15) is 25.7 Å². The van der Waals surface area contributed by atoms with E-state index in [1.807, 2.05) is 0 Å². The van der Waals surface area contributed by atoms with Gasteiger partial charge in [0, 0.05) is 12.8 Å². The third-order valence-corrected chi connectivity index (χ3v) is 2.96. The van der Waals surface area contributed by atoms with E-state index in [2.05, 4.69) is 10.6 Å². The van der Waals surface area contributed by atoms with Crippen LogP contribution < -0.4 is 10.6 Å². The predicted octanol–water partition coefficient (Wildman–Crippen LogP) is -0.858. The number of ketones is 2. The number of likely N-dealkylation sites (N-methyl/N-ethyl adjacent to an activating group) is 1. The number of hydrogen-bond acceptors (Lipinski definition) is 7. The summed E-state index contributed by atoms with van der Waals surface area (Å²) >= 11 is 0. The van der Waals surface area contributed by atoms with Crippen molar-refractivity contribution in [3.63, 3.8) is 0 Å². The maximum Gasteiger partial charge on any atom is 0.326 e. The van der Waals surface area contributed by atoms with Crippen LogP contribution >= 0.6 is 0 Å². The molecule has 22 heavy (non-hydrogen) atoms. The van der Waals surface area contributed by atoms with Gasteiger partial charge < -0.3 is 26.6 Å². The first-order valence-electron chi connectivity index (χ1n) is 6.62. The Kier molecular flexibility index (Phi) is 9.19. The SMILES string of the molecule is CNC(CCC(=O)C=N)C(=O)NC(CCC(=O)C=N)C(=O)O. The summed E-state index contributed by atoms with van der Waals surface area (Å²) in [5.74, 6) is -2.84. The van der Waals surface area contributed by atoms with Crippen LogP contribution in [0.2, 0.25) is 0 Å². The fraction of sp³-hybridized carbons (Fsp3) is 0.538. The molecule has 0 aliphatic rings. The summed E-state index contributed by atoms with van der Waals surface area (Å²) in [6, 6.07) is -2.02. The zero-order valence-electron chi connectivity index (χ0n) is 12.2. The van der Waals surface area contributed by atoms with Gasteiger partial charge in [0.25, 0.3) is 0 Å². The number of carboxylic acids is 1. The summed E-state index contributed by atoms with van der Waals surface area (Å²) in [6.07, 6.45) is 1.10. The van der Waals surface area contributed by atoms with Crippen molar-refractivity contribution in [2.45, 2.75) is 37.8 Å². The van der Waals surface area contributed by atoms with Crippen LogP contribution in [0.4, 0.5) is 0 Å². The smallest absolute Gasteiger partial charge is 0.326 e. The molecule has 0 fully saturated rings. The van der Waals surface area contributed by atoms with Gasteiger partial charge in [0.15, 0.2) is 11.6 Å². The van der Waals surface area contributed by atoms with E-state index in [0.29, 0.717) is 12.4 Å². The topological polar surface area (TPSA) is 160 Å². The van der Waals surface area contributed by atoms with Crippen molar-refractivity contribution in [3.05, 3.63) is 0 Å². The van der Waals surface area contributed by atoms with Crippen LogP contribution in [0.25, 0.3) is 0 Å². The van der Waals surface area contributed by atoms with Gasteiger partial charge in [0.05, 0.1) is 18.5 Å². The minimum absolute atomic E-state index is 0.00749. The number of carbonyl (C=O) groups is 4. The van der Waals surface area contributed by atoms with E-state index in [0.717, 1.165) is 0 Å². The predicted molar refractivity (Wildman–Crippen MR) is 78.5 cm³/mol. The van der Waals surface area contributed by atoms with Gasteiger partial charge in [-0.05, 0) is 19.9 Å². The normalized spacial score (nSPS) is 12.8. The lowest BCUT2D eigenvalue weighted by molar-refractivity contribution is -0.142.